The summed E-state index contributed by atoms with van der Waals surface area (Å²) in [4.78, 5) is 9.96. The van der Waals surface area contributed by atoms with Gasteiger partial charge in [-0.05, 0) is 31.4 Å². The maximum Gasteiger partial charge on any atom is 0.313 e. The average molecular weight is 316 g/mol. The van der Waals surface area contributed by atoms with Crippen molar-refractivity contribution in [2.45, 2.75) is 38.1 Å². The number of hydrogen-bond donors (Lipinski definition) is 3. The van der Waals surface area contributed by atoms with Gasteiger partial charge < -0.3 is 5.43 Å². The van der Waals surface area contributed by atoms with Gasteiger partial charge in [0.25, 0.3) is 0 Å². The van der Waals surface area contributed by atoms with Gasteiger partial charge in [-0.3, -0.25) is 16.0 Å². The molecule has 0 heterocycles. The Kier molecular flexibility index (Phi) is 5.64. The first-order valence-electron chi connectivity index (χ1n) is 6.45. The largest absolute Gasteiger partial charge is 0.318 e. The van der Waals surface area contributed by atoms with Crippen LogP contribution in [0.25, 0.3) is 0 Å². The van der Waals surface area contributed by atoms with Gasteiger partial charge in [-0.1, -0.05) is 19.9 Å². The third-order valence-corrected chi connectivity index (χ3v) is 4.43. The van der Waals surface area contributed by atoms with Crippen LogP contribution in [0.4, 0.5) is 11.4 Å². The maximum atomic E-state index is 12.3. The number of anilines is 1. The second kappa shape index (κ2) is 6.83. The number of nitrogens with one attached hydrogen (secondary N) is 2. The zero-order valence-electron chi connectivity index (χ0n) is 12.2. The molecule has 8 nitrogen and oxygen atoms in total. The van der Waals surface area contributed by atoms with E-state index in [1.165, 1.54) is 18.2 Å². The van der Waals surface area contributed by atoms with Crippen LogP contribution in [-0.2, 0) is 10.0 Å². The van der Waals surface area contributed by atoms with Crippen molar-refractivity contribution >= 4 is 21.4 Å². The highest BCUT2D eigenvalue weighted by Gasteiger charge is 2.29. The SMILES string of the molecule is CC(C)CC(C)NS(=O)(=O)c1cccc(NN)c1[N+](=O)[O-]. The molecule has 9 heteroatoms. The number of nitro groups is 1. The van der Waals surface area contributed by atoms with Gasteiger partial charge in [-0.2, -0.15) is 0 Å². The summed E-state index contributed by atoms with van der Waals surface area (Å²) in [6, 6.07) is 3.59. The van der Waals surface area contributed by atoms with E-state index in [1.54, 1.807) is 6.92 Å². The molecule has 0 aliphatic heterocycles. The first-order chi connectivity index (χ1) is 9.69. The van der Waals surface area contributed by atoms with Gasteiger partial charge in [0.15, 0.2) is 4.90 Å². The van der Waals surface area contributed by atoms with Crippen LogP contribution in [0.2, 0.25) is 0 Å². The molecule has 1 atom stereocenters. The van der Waals surface area contributed by atoms with Crippen LogP contribution in [-0.4, -0.2) is 19.4 Å². The normalized spacial score (nSPS) is 13.2. The molecule has 1 unspecified atom stereocenters. The van der Waals surface area contributed by atoms with Crippen molar-refractivity contribution in [3.63, 3.8) is 0 Å². The first kappa shape index (κ1) is 17.3. The van der Waals surface area contributed by atoms with Crippen molar-refractivity contribution in [2.75, 3.05) is 5.43 Å². The lowest BCUT2D eigenvalue weighted by Crippen LogP contribution is -2.34. The zero-order chi connectivity index (χ0) is 16.2. The topological polar surface area (TPSA) is 127 Å². The summed E-state index contributed by atoms with van der Waals surface area (Å²) in [7, 11) is -4.00. The third kappa shape index (κ3) is 4.38. The van der Waals surface area contributed by atoms with E-state index in [1.807, 2.05) is 13.8 Å². The molecule has 0 aromatic heterocycles. The Balaban J connectivity index is 3.23. The van der Waals surface area contributed by atoms with E-state index in [9.17, 15) is 18.5 Å². The van der Waals surface area contributed by atoms with Crippen LogP contribution < -0.4 is 16.0 Å². The lowest BCUT2D eigenvalue weighted by molar-refractivity contribution is -0.386. The van der Waals surface area contributed by atoms with Crippen molar-refractivity contribution in [2.24, 2.45) is 11.8 Å². The number of para-hydroxylation sites is 1. The minimum Gasteiger partial charge on any atom is -0.318 e. The van der Waals surface area contributed by atoms with Gasteiger partial charge in [0, 0.05) is 6.04 Å². The first-order valence-corrected chi connectivity index (χ1v) is 7.93. The highest BCUT2D eigenvalue weighted by Crippen LogP contribution is 2.31. The van der Waals surface area contributed by atoms with Crippen LogP contribution in [0.15, 0.2) is 23.1 Å². The van der Waals surface area contributed by atoms with E-state index >= 15 is 0 Å². The van der Waals surface area contributed by atoms with E-state index in [0.717, 1.165) is 0 Å². The van der Waals surface area contributed by atoms with E-state index < -0.39 is 25.5 Å². The standard InChI is InChI=1S/C12H20N4O4S/c1-8(2)7-9(3)15-21(19,20)11-6-4-5-10(14-13)12(11)16(17)18/h4-6,8-9,14-15H,7,13H2,1-3H3. The Labute approximate surface area is 123 Å². The molecule has 1 rings (SSSR count). The zero-order valence-corrected chi connectivity index (χ0v) is 13.0. The van der Waals surface area contributed by atoms with Crippen molar-refractivity contribution in [3.05, 3.63) is 28.3 Å². The number of rotatable bonds is 7. The molecule has 21 heavy (non-hydrogen) atoms. The molecular weight excluding hydrogens is 296 g/mol. The number of nitrogens with zero attached hydrogens (tertiary/aromatic N) is 1. The molecule has 0 radical (unpaired) electrons. The van der Waals surface area contributed by atoms with Gasteiger partial charge in [0.05, 0.1) is 4.92 Å². The molecule has 118 valence electrons. The van der Waals surface area contributed by atoms with Crippen LogP contribution in [0.3, 0.4) is 0 Å². The average Bonchev–Trinajstić information content (AvgIpc) is 2.35. The fourth-order valence-electron chi connectivity index (χ4n) is 2.13. The molecule has 0 fully saturated rings. The van der Waals surface area contributed by atoms with Crippen molar-refractivity contribution < 1.29 is 13.3 Å². The fourth-order valence-corrected chi connectivity index (χ4v) is 3.58. The monoisotopic (exact) mass is 316 g/mol. The smallest absolute Gasteiger partial charge is 0.313 e. The van der Waals surface area contributed by atoms with E-state index in [2.05, 4.69) is 10.1 Å². The number of sulfonamides is 1. The van der Waals surface area contributed by atoms with Crippen LogP contribution >= 0.6 is 0 Å². The Morgan fingerprint density at radius 1 is 1.33 bits per heavy atom. The fraction of sp³-hybridized carbons (Fsp3) is 0.500. The number of benzene rings is 1. The van der Waals surface area contributed by atoms with Crippen LogP contribution in [0, 0.1) is 16.0 Å². The molecule has 0 saturated carbocycles. The van der Waals surface area contributed by atoms with Gasteiger partial charge in [-0.25, -0.2) is 13.1 Å². The number of hydrogen-bond acceptors (Lipinski definition) is 6. The van der Waals surface area contributed by atoms with Gasteiger partial charge in [-0.15, -0.1) is 0 Å². The molecule has 0 aliphatic rings. The minimum absolute atomic E-state index is 0.0561. The third-order valence-electron chi connectivity index (χ3n) is 2.81. The summed E-state index contributed by atoms with van der Waals surface area (Å²) < 4.78 is 27.1. The van der Waals surface area contributed by atoms with Crippen LogP contribution in [0.5, 0.6) is 0 Å². The van der Waals surface area contributed by atoms with Crippen molar-refractivity contribution in [3.8, 4) is 0 Å². The Hall–Kier alpha value is -1.71. The Morgan fingerprint density at radius 2 is 1.95 bits per heavy atom. The maximum absolute atomic E-state index is 12.3. The molecule has 1 aromatic carbocycles. The predicted octanol–water partition coefficient (Wildman–Crippen LogP) is 1.59. The van der Waals surface area contributed by atoms with E-state index in [4.69, 9.17) is 5.84 Å². The Morgan fingerprint density at radius 3 is 2.43 bits per heavy atom. The quantitative estimate of drug-likeness (QED) is 0.398. The highest BCUT2D eigenvalue weighted by atomic mass is 32.2. The van der Waals surface area contributed by atoms with Crippen molar-refractivity contribution in [1.29, 1.82) is 0 Å². The number of hydrazine groups is 1. The summed E-state index contributed by atoms with van der Waals surface area (Å²) in [5.41, 5.74) is 1.52. The number of nitrogens with two attached hydrogens (primary N) is 1. The lowest BCUT2D eigenvalue weighted by Gasteiger charge is -2.16. The predicted molar refractivity (Wildman–Crippen MR) is 80.1 cm³/mol. The summed E-state index contributed by atoms with van der Waals surface area (Å²) in [6.07, 6.45) is 0.627. The van der Waals surface area contributed by atoms with E-state index in [0.29, 0.717) is 12.3 Å². The van der Waals surface area contributed by atoms with Crippen molar-refractivity contribution in [1.82, 2.24) is 4.72 Å². The highest BCUT2D eigenvalue weighted by molar-refractivity contribution is 7.89. The van der Waals surface area contributed by atoms with Crippen LogP contribution in [0.1, 0.15) is 27.2 Å². The number of nitrogen functional groups attached to an aromatic ring is 1. The molecule has 0 amide bonds. The van der Waals surface area contributed by atoms with Gasteiger partial charge >= 0.3 is 5.69 Å². The van der Waals surface area contributed by atoms with Gasteiger partial charge in [0.1, 0.15) is 5.69 Å². The molecule has 0 bridgehead atoms. The summed E-state index contributed by atoms with van der Waals surface area (Å²) in [5.74, 6) is 5.50. The summed E-state index contributed by atoms with van der Waals surface area (Å²) >= 11 is 0. The molecule has 0 saturated heterocycles. The molecule has 4 N–H and O–H groups in total. The minimum atomic E-state index is -4.00. The second-order valence-electron chi connectivity index (χ2n) is 5.21. The summed E-state index contributed by atoms with van der Waals surface area (Å²) in [5, 5.41) is 11.1. The Bertz CT molecular complexity index is 616. The lowest BCUT2D eigenvalue weighted by atomic mass is 10.1. The van der Waals surface area contributed by atoms with Gasteiger partial charge in [0.2, 0.25) is 10.0 Å². The number of nitro benzene ring substituents is 1. The molecular formula is C12H20N4O4S. The molecule has 1 aromatic rings. The molecule has 0 spiro atoms. The summed E-state index contributed by atoms with van der Waals surface area (Å²) in [6.45, 7) is 5.65. The van der Waals surface area contributed by atoms with E-state index in [-0.39, 0.29) is 11.7 Å². The second-order valence-corrected chi connectivity index (χ2v) is 6.89. The molecule has 0 aliphatic carbocycles.